The number of hydrogen-bond acceptors (Lipinski definition) is 4. The van der Waals surface area contributed by atoms with Crippen LogP contribution in [0.5, 0.6) is 0 Å². The standard InChI is InChI=1S/C12H15BrN4OS/c1-17-7-8(6-16-17)11(14)12(18)15-5-4-9-2-3-10(13)19-9/h2-3,6-7,11H,4-5,14H2,1H3,(H,15,18). The number of thiophene rings is 1. The average molecular weight is 343 g/mol. The molecule has 2 heterocycles. The van der Waals surface area contributed by atoms with Crippen molar-refractivity contribution in [1.82, 2.24) is 15.1 Å². The number of carbonyl (C=O) groups excluding carboxylic acids is 1. The van der Waals surface area contributed by atoms with Gasteiger partial charge in [-0.1, -0.05) is 0 Å². The zero-order chi connectivity index (χ0) is 13.8. The molecule has 102 valence electrons. The van der Waals surface area contributed by atoms with Gasteiger partial charge in [-0.25, -0.2) is 0 Å². The molecule has 2 aromatic heterocycles. The van der Waals surface area contributed by atoms with Gasteiger partial charge in [0.15, 0.2) is 0 Å². The van der Waals surface area contributed by atoms with Crippen LogP contribution in [0.25, 0.3) is 0 Å². The Morgan fingerprint density at radius 1 is 1.63 bits per heavy atom. The smallest absolute Gasteiger partial charge is 0.241 e. The van der Waals surface area contributed by atoms with E-state index in [1.165, 1.54) is 4.88 Å². The Bertz CT molecular complexity index is 566. The molecule has 1 amide bonds. The highest BCUT2D eigenvalue weighted by molar-refractivity contribution is 9.11. The van der Waals surface area contributed by atoms with Gasteiger partial charge in [-0.3, -0.25) is 9.48 Å². The normalized spacial score (nSPS) is 12.4. The van der Waals surface area contributed by atoms with Gasteiger partial charge in [-0.2, -0.15) is 5.10 Å². The molecule has 2 rings (SSSR count). The van der Waals surface area contributed by atoms with Crippen LogP contribution >= 0.6 is 27.3 Å². The van der Waals surface area contributed by atoms with Gasteiger partial charge >= 0.3 is 0 Å². The van der Waals surface area contributed by atoms with E-state index in [0.717, 1.165) is 15.8 Å². The van der Waals surface area contributed by atoms with Crippen molar-refractivity contribution in [2.75, 3.05) is 6.54 Å². The minimum atomic E-state index is -0.663. The summed E-state index contributed by atoms with van der Waals surface area (Å²) in [6, 6.07) is 3.38. The molecule has 0 aliphatic carbocycles. The van der Waals surface area contributed by atoms with Gasteiger partial charge in [0.25, 0.3) is 0 Å². The van der Waals surface area contributed by atoms with E-state index in [1.807, 2.05) is 12.1 Å². The van der Waals surface area contributed by atoms with Gasteiger partial charge < -0.3 is 11.1 Å². The Labute approximate surface area is 123 Å². The molecule has 0 saturated heterocycles. The third kappa shape index (κ3) is 3.89. The van der Waals surface area contributed by atoms with Gasteiger partial charge in [0.2, 0.25) is 5.91 Å². The second-order valence-electron chi connectivity index (χ2n) is 4.17. The second kappa shape index (κ2) is 6.31. The number of hydrogen-bond donors (Lipinski definition) is 2. The molecule has 0 radical (unpaired) electrons. The number of aryl methyl sites for hydroxylation is 1. The minimum absolute atomic E-state index is 0.177. The zero-order valence-corrected chi connectivity index (χ0v) is 12.9. The maximum atomic E-state index is 11.9. The molecular formula is C12H15BrN4OS. The molecule has 2 aromatic rings. The molecule has 0 spiro atoms. The van der Waals surface area contributed by atoms with E-state index < -0.39 is 6.04 Å². The van der Waals surface area contributed by atoms with Crippen molar-refractivity contribution in [3.63, 3.8) is 0 Å². The van der Waals surface area contributed by atoms with Crippen molar-refractivity contribution in [3.8, 4) is 0 Å². The number of amides is 1. The average Bonchev–Trinajstić information content (AvgIpc) is 2.97. The van der Waals surface area contributed by atoms with Crippen LogP contribution < -0.4 is 11.1 Å². The fraction of sp³-hybridized carbons (Fsp3) is 0.333. The van der Waals surface area contributed by atoms with Crippen molar-refractivity contribution in [1.29, 1.82) is 0 Å². The Hall–Kier alpha value is -1.18. The third-order valence-electron chi connectivity index (χ3n) is 2.67. The first-order chi connectivity index (χ1) is 9.06. The summed E-state index contributed by atoms with van der Waals surface area (Å²) in [7, 11) is 1.79. The topological polar surface area (TPSA) is 72.9 Å². The van der Waals surface area contributed by atoms with E-state index >= 15 is 0 Å². The number of rotatable bonds is 5. The number of nitrogens with one attached hydrogen (secondary N) is 1. The van der Waals surface area contributed by atoms with Crippen LogP contribution in [0, 0.1) is 0 Å². The van der Waals surface area contributed by atoms with Gasteiger partial charge in [0.05, 0.1) is 9.98 Å². The maximum absolute atomic E-state index is 11.9. The van der Waals surface area contributed by atoms with Crippen molar-refractivity contribution < 1.29 is 4.79 Å². The summed E-state index contributed by atoms with van der Waals surface area (Å²) in [5.41, 5.74) is 6.59. The van der Waals surface area contributed by atoms with E-state index in [9.17, 15) is 4.79 Å². The SMILES string of the molecule is Cn1cc(C(N)C(=O)NCCc2ccc(Br)s2)cn1. The highest BCUT2D eigenvalue weighted by atomic mass is 79.9. The molecule has 0 aromatic carbocycles. The minimum Gasteiger partial charge on any atom is -0.354 e. The molecule has 3 N–H and O–H groups in total. The van der Waals surface area contributed by atoms with Crippen LogP contribution in [-0.4, -0.2) is 22.2 Å². The summed E-state index contributed by atoms with van der Waals surface area (Å²) in [6.07, 6.45) is 4.17. The summed E-state index contributed by atoms with van der Waals surface area (Å²) in [5.74, 6) is -0.177. The predicted molar refractivity (Wildman–Crippen MR) is 78.9 cm³/mol. The lowest BCUT2D eigenvalue weighted by atomic mass is 10.1. The van der Waals surface area contributed by atoms with Crippen molar-refractivity contribution in [3.05, 3.63) is 38.8 Å². The molecule has 7 heteroatoms. The molecule has 0 saturated carbocycles. The lowest BCUT2D eigenvalue weighted by molar-refractivity contribution is -0.122. The molecule has 1 atom stereocenters. The lowest BCUT2D eigenvalue weighted by Crippen LogP contribution is -2.35. The number of halogens is 1. The molecule has 5 nitrogen and oxygen atoms in total. The summed E-state index contributed by atoms with van der Waals surface area (Å²) < 4.78 is 2.73. The molecular weight excluding hydrogens is 328 g/mol. The van der Waals surface area contributed by atoms with Crippen molar-refractivity contribution in [2.45, 2.75) is 12.5 Å². The second-order valence-corrected chi connectivity index (χ2v) is 6.72. The first kappa shape index (κ1) is 14.2. The van der Waals surface area contributed by atoms with E-state index in [-0.39, 0.29) is 5.91 Å². The van der Waals surface area contributed by atoms with Crippen LogP contribution in [0.3, 0.4) is 0 Å². The van der Waals surface area contributed by atoms with E-state index in [2.05, 4.69) is 26.3 Å². The fourth-order valence-electron chi connectivity index (χ4n) is 1.66. The summed E-state index contributed by atoms with van der Waals surface area (Å²) in [6.45, 7) is 0.583. The Balaban J connectivity index is 1.81. The highest BCUT2D eigenvalue weighted by Gasteiger charge is 2.16. The van der Waals surface area contributed by atoms with Gasteiger partial charge in [0, 0.05) is 30.2 Å². The number of carbonyl (C=O) groups is 1. The van der Waals surface area contributed by atoms with Gasteiger partial charge in [0.1, 0.15) is 6.04 Å². The van der Waals surface area contributed by atoms with Crippen LogP contribution in [0.2, 0.25) is 0 Å². The van der Waals surface area contributed by atoms with Crippen molar-refractivity contribution >= 4 is 33.2 Å². The van der Waals surface area contributed by atoms with E-state index in [4.69, 9.17) is 5.73 Å². The van der Waals surface area contributed by atoms with Crippen molar-refractivity contribution in [2.24, 2.45) is 12.8 Å². The van der Waals surface area contributed by atoms with E-state index in [1.54, 1.807) is 35.5 Å². The molecule has 0 fully saturated rings. The van der Waals surface area contributed by atoms with Gasteiger partial charge in [-0.05, 0) is 34.5 Å². The summed E-state index contributed by atoms with van der Waals surface area (Å²) in [4.78, 5) is 13.1. The Morgan fingerprint density at radius 2 is 2.42 bits per heavy atom. The maximum Gasteiger partial charge on any atom is 0.241 e. The molecule has 0 bridgehead atoms. The Kier molecular flexibility index (Phi) is 4.73. The molecule has 1 unspecified atom stereocenters. The first-order valence-corrected chi connectivity index (χ1v) is 7.43. The van der Waals surface area contributed by atoms with Crippen LogP contribution in [0.15, 0.2) is 28.3 Å². The summed E-state index contributed by atoms with van der Waals surface area (Å²) >= 11 is 5.08. The Morgan fingerprint density at radius 3 is 3.00 bits per heavy atom. The van der Waals surface area contributed by atoms with Gasteiger partial charge in [-0.15, -0.1) is 11.3 Å². The number of aromatic nitrogens is 2. The largest absolute Gasteiger partial charge is 0.354 e. The van der Waals surface area contributed by atoms with Crippen LogP contribution in [0.4, 0.5) is 0 Å². The monoisotopic (exact) mass is 342 g/mol. The lowest BCUT2D eigenvalue weighted by Gasteiger charge is -2.09. The fourth-order valence-corrected chi connectivity index (χ4v) is 3.14. The molecule has 19 heavy (non-hydrogen) atoms. The first-order valence-electron chi connectivity index (χ1n) is 5.82. The number of nitrogens with two attached hydrogens (primary N) is 1. The van der Waals surface area contributed by atoms with Crippen LogP contribution in [-0.2, 0) is 18.3 Å². The quantitative estimate of drug-likeness (QED) is 0.866. The highest BCUT2D eigenvalue weighted by Crippen LogP contribution is 2.22. The zero-order valence-electron chi connectivity index (χ0n) is 10.5. The third-order valence-corrected chi connectivity index (χ3v) is 4.35. The molecule has 0 aliphatic heterocycles. The number of nitrogens with zero attached hydrogens (tertiary/aromatic N) is 2. The summed E-state index contributed by atoms with van der Waals surface area (Å²) in [5, 5.41) is 6.84. The predicted octanol–water partition coefficient (Wildman–Crippen LogP) is 1.60. The van der Waals surface area contributed by atoms with E-state index in [0.29, 0.717) is 6.54 Å². The van der Waals surface area contributed by atoms with Crippen LogP contribution in [0.1, 0.15) is 16.5 Å². The molecule has 0 aliphatic rings.